The average Bonchev–Trinajstić information content (AvgIpc) is 2.58. The SMILES string of the molecule is NC(=O)CCC(N)C(=O)NCC(=O)NCC(=O)NC(CCC(N)=O)C(=O)O. The zero-order valence-corrected chi connectivity index (χ0v) is 14.5. The third kappa shape index (κ3) is 11.9. The van der Waals surface area contributed by atoms with Crippen LogP contribution in [0.4, 0.5) is 0 Å². The fourth-order valence-corrected chi connectivity index (χ4v) is 1.76. The molecule has 27 heavy (non-hydrogen) atoms. The Bertz CT molecular complexity index is 595. The molecule has 152 valence electrons. The van der Waals surface area contributed by atoms with E-state index in [9.17, 15) is 28.8 Å². The summed E-state index contributed by atoms with van der Waals surface area (Å²) in [5.41, 5.74) is 15.3. The number of hydrogen-bond donors (Lipinski definition) is 7. The van der Waals surface area contributed by atoms with Gasteiger partial charge in [0.25, 0.3) is 0 Å². The molecule has 0 aliphatic carbocycles. The fraction of sp³-hybridized carbons (Fsp3) is 0.571. The predicted octanol–water partition coefficient (Wildman–Crippen LogP) is -4.35. The van der Waals surface area contributed by atoms with E-state index in [4.69, 9.17) is 22.3 Å². The van der Waals surface area contributed by atoms with Crippen LogP contribution in [0.5, 0.6) is 0 Å². The highest BCUT2D eigenvalue weighted by atomic mass is 16.4. The number of rotatable bonds is 13. The fourth-order valence-electron chi connectivity index (χ4n) is 1.76. The number of hydrogen-bond acceptors (Lipinski definition) is 7. The lowest BCUT2D eigenvalue weighted by Gasteiger charge is -2.14. The molecule has 0 radical (unpaired) electrons. The molecule has 0 fully saturated rings. The van der Waals surface area contributed by atoms with Crippen LogP contribution in [-0.4, -0.2) is 65.8 Å². The maximum Gasteiger partial charge on any atom is 0.326 e. The van der Waals surface area contributed by atoms with Crippen molar-refractivity contribution in [3.05, 3.63) is 0 Å². The minimum Gasteiger partial charge on any atom is -0.480 e. The second kappa shape index (κ2) is 12.2. The van der Waals surface area contributed by atoms with Crippen LogP contribution in [0.15, 0.2) is 0 Å². The van der Waals surface area contributed by atoms with E-state index >= 15 is 0 Å². The first-order chi connectivity index (χ1) is 12.5. The van der Waals surface area contributed by atoms with Crippen LogP contribution in [0, 0.1) is 0 Å². The van der Waals surface area contributed by atoms with Crippen LogP contribution in [0.2, 0.25) is 0 Å². The number of amides is 5. The van der Waals surface area contributed by atoms with Gasteiger partial charge in [0.15, 0.2) is 0 Å². The van der Waals surface area contributed by atoms with Gasteiger partial charge < -0.3 is 38.3 Å². The first-order valence-electron chi connectivity index (χ1n) is 7.91. The lowest BCUT2D eigenvalue weighted by Crippen LogP contribution is -2.48. The molecule has 10 N–H and O–H groups in total. The molecule has 0 aliphatic rings. The summed E-state index contributed by atoms with van der Waals surface area (Å²) in [5.74, 6) is -4.87. The lowest BCUT2D eigenvalue weighted by molar-refractivity contribution is -0.142. The van der Waals surface area contributed by atoms with Gasteiger partial charge in [-0.25, -0.2) is 4.79 Å². The molecule has 5 amide bonds. The highest BCUT2D eigenvalue weighted by Gasteiger charge is 2.21. The topological polar surface area (TPSA) is 237 Å². The number of carbonyl (C=O) groups is 6. The maximum absolute atomic E-state index is 11.6. The van der Waals surface area contributed by atoms with E-state index < -0.39 is 60.7 Å². The zero-order valence-electron chi connectivity index (χ0n) is 14.5. The van der Waals surface area contributed by atoms with Crippen molar-refractivity contribution in [2.24, 2.45) is 17.2 Å². The molecule has 0 saturated carbocycles. The van der Waals surface area contributed by atoms with Crippen molar-refractivity contribution in [1.29, 1.82) is 0 Å². The molecule has 0 aromatic heterocycles. The molecule has 13 nitrogen and oxygen atoms in total. The van der Waals surface area contributed by atoms with Gasteiger partial charge in [0, 0.05) is 12.8 Å². The summed E-state index contributed by atoms with van der Waals surface area (Å²) in [7, 11) is 0. The molecule has 0 bridgehead atoms. The standard InChI is InChI=1S/C14H24N6O7/c15-7(1-3-9(16)21)13(25)19-5-11(23)18-6-12(24)20-8(14(26)27)2-4-10(17)22/h7-8H,1-6,15H2,(H2,16,21)(H2,17,22)(H,18,23)(H,19,25)(H,20,24)(H,26,27). The number of carboxylic acids is 1. The Morgan fingerprint density at radius 3 is 1.85 bits per heavy atom. The Labute approximate surface area is 154 Å². The Morgan fingerprint density at radius 2 is 1.33 bits per heavy atom. The van der Waals surface area contributed by atoms with Gasteiger partial charge in [0.05, 0.1) is 19.1 Å². The number of nitrogens with two attached hydrogens (primary N) is 3. The summed E-state index contributed by atoms with van der Waals surface area (Å²) < 4.78 is 0. The highest BCUT2D eigenvalue weighted by Crippen LogP contribution is 1.97. The molecule has 2 atom stereocenters. The first-order valence-corrected chi connectivity index (χ1v) is 7.91. The van der Waals surface area contributed by atoms with Crippen molar-refractivity contribution in [2.45, 2.75) is 37.8 Å². The van der Waals surface area contributed by atoms with E-state index in [2.05, 4.69) is 16.0 Å². The van der Waals surface area contributed by atoms with Crippen LogP contribution >= 0.6 is 0 Å². The van der Waals surface area contributed by atoms with Crippen molar-refractivity contribution < 1.29 is 33.9 Å². The maximum atomic E-state index is 11.6. The van der Waals surface area contributed by atoms with E-state index in [1.807, 2.05) is 0 Å². The minimum absolute atomic E-state index is 0.0209. The molecule has 0 aliphatic heterocycles. The van der Waals surface area contributed by atoms with Crippen molar-refractivity contribution in [2.75, 3.05) is 13.1 Å². The summed E-state index contributed by atoms with van der Waals surface area (Å²) in [4.78, 5) is 67.1. The van der Waals surface area contributed by atoms with Crippen molar-refractivity contribution >= 4 is 35.5 Å². The zero-order chi connectivity index (χ0) is 21.0. The second-order valence-corrected chi connectivity index (χ2v) is 5.57. The quantitative estimate of drug-likeness (QED) is 0.162. The van der Waals surface area contributed by atoms with Crippen LogP contribution in [0.25, 0.3) is 0 Å². The third-order valence-corrected chi connectivity index (χ3v) is 3.22. The number of carbonyl (C=O) groups excluding carboxylic acids is 5. The predicted molar refractivity (Wildman–Crippen MR) is 90.4 cm³/mol. The molecular weight excluding hydrogens is 364 g/mol. The minimum atomic E-state index is -1.35. The van der Waals surface area contributed by atoms with Crippen LogP contribution in [0.1, 0.15) is 25.7 Å². The van der Waals surface area contributed by atoms with E-state index in [-0.39, 0.29) is 25.7 Å². The van der Waals surface area contributed by atoms with Crippen LogP contribution in [-0.2, 0) is 28.8 Å². The number of aliphatic carboxylic acids is 1. The monoisotopic (exact) mass is 388 g/mol. The van der Waals surface area contributed by atoms with Gasteiger partial charge in [-0.1, -0.05) is 0 Å². The number of carboxylic acid groups (broad SMARTS) is 1. The van der Waals surface area contributed by atoms with Gasteiger partial charge in [0.1, 0.15) is 6.04 Å². The normalized spacial score (nSPS) is 12.3. The van der Waals surface area contributed by atoms with Crippen LogP contribution < -0.4 is 33.2 Å². The summed E-state index contributed by atoms with van der Waals surface area (Å²) >= 11 is 0. The van der Waals surface area contributed by atoms with Crippen molar-refractivity contribution in [1.82, 2.24) is 16.0 Å². The van der Waals surface area contributed by atoms with E-state index in [1.54, 1.807) is 0 Å². The smallest absolute Gasteiger partial charge is 0.326 e. The molecular formula is C14H24N6O7. The Hall–Kier alpha value is -3.22. The molecule has 0 aromatic carbocycles. The largest absolute Gasteiger partial charge is 0.480 e. The first kappa shape index (κ1) is 23.8. The molecule has 13 heteroatoms. The van der Waals surface area contributed by atoms with Gasteiger partial charge in [-0.2, -0.15) is 0 Å². The van der Waals surface area contributed by atoms with Gasteiger partial charge in [-0.3, -0.25) is 24.0 Å². The Kier molecular flexibility index (Phi) is 10.7. The summed E-state index contributed by atoms with van der Waals surface area (Å²) in [6.45, 7) is -1.01. The van der Waals surface area contributed by atoms with Gasteiger partial charge in [-0.15, -0.1) is 0 Å². The van der Waals surface area contributed by atoms with Gasteiger partial charge in [0.2, 0.25) is 29.5 Å². The van der Waals surface area contributed by atoms with Crippen LogP contribution in [0.3, 0.4) is 0 Å². The molecule has 0 rings (SSSR count). The summed E-state index contributed by atoms with van der Waals surface area (Å²) in [5, 5.41) is 15.5. The average molecular weight is 388 g/mol. The van der Waals surface area contributed by atoms with Crippen molar-refractivity contribution in [3.8, 4) is 0 Å². The molecule has 0 saturated heterocycles. The second-order valence-electron chi connectivity index (χ2n) is 5.57. The molecule has 2 unspecified atom stereocenters. The van der Waals surface area contributed by atoms with Gasteiger partial charge >= 0.3 is 5.97 Å². The lowest BCUT2D eigenvalue weighted by atomic mass is 10.1. The number of primary amides is 2. The third-order valence-electron chi connectivity index (χ3n) is 3.22. The van der Waals surface area contributed by atoms with E-state index in [0.29, 0.717) is 0 Å². The molecule has 0 heterocycles. The summed E-state index contributed by atoms with van der Waals surface area (Å²) in [6, 6.07) is -2.35. The summed E-state index contributed by atoms with van der Waals surface area (Å²) in [6.07, 6.45) is -0.482. The van der Waals surface area contributed by atoms with E-state index in [0.717, 1.165) is 0 Å². The molecule has 0 spiro atoms. The Balaban J connectivity index is 4.19. The van der Waals surface area contributed by atoms with E-state index in [1.165, 1.54) is 0 Å². The van der Waals surface area contributed by atoms with Gasteiger partial charge in [-0.05, 0) is 12.8 Å². The number of nitrogens with one attached hydrogen (secondary N) is 3. The Morgan fingerprint density at radius 1 is 0.815 bits per heavy atom. The van der Waals surface area contributed by atoms with Crippen molar-refractivity contribution in [3.63, 3.8) is 0 Å². The molecule has 0 aromatic rings. The highest BCUT2D eigenvalue weighted by molar-refractivity contribution is 5.91.